The molecule has 3 nitrogen and oxygen atoms in total. The van der Waals surface area contributed by atoms with E-state index in [4.69, 9.17) is 5.73 Å². The fraction of sp³-hybridized carbons (Fsp3) is 0.333. The van der Waals surface area contributed by atoms with Gasteiger partial charge < -0.3 is 5.73 Å². The summed E-state index contributed by atoms with van der Waals surface area (Å²) in [6, 6.07) is 8.57. The van der Waals surface area contributed by atoms with E-state index in [0.29, 0.717) is 0 Å². The number of aryl methyl sites for hydroxylation is 1. The molecule has 0 fully saturated rings. The van der Waals surface area contributed by atoms with Crippen molar-refractivity contribution in [1.29, 1.82) is 0 Å². The molecule has 5 heteroatoms. The summed E-state index contributed by atoms with van der Waals surface area (Å²) < 4.78 is 4.94. The Bertz CT molecular complexity index is 439. The molecule has 0 amide bonds. The van der Waals surface area contributed by atoms with Gasteiger partial charge in [-0.1, -0.05) is 43.0 Å². The van der Waals surface area contributed by atoms with Crippen molar-refractivity contribution in [2.45, 2.75) is 23.7 Å². The number of rotatable bonds is 5. The second-order valence-corrected chi connectivity index (χ2v) is 5.77. The fourth-order valence-electron chi connectivity index (χ4n) is 1.48. The lowest BCUT2D eigenvalue weighted by Crippen LogP contribution is -2.12. The summed E-state index contributed by atoms with van der Waals surface area (Å²) in [7, 11) is 0. The third kappa shape index (κ3) is 3.52. The van der Waals surface area contributed by atoms with Crippen LogP contribution in [0.3, 0.4) is 0 Å². The predicted molar refractivity (Wildman–Crippen MR) is 73.4 cm³/mol. The molecule has 17 heavy (non-hydrogen) atoms. The van der Waals surface area contributed by atoms with Crippen molar-refractivity contribution in [1.82, 2.24) is 9.36 Å². The van der Waals surface area contributed by atoms with Gasteiger partial charge in [0.25, 0.3) is 0 Å². The standard InChI is InChI=1S/C12H15N3S2/c1-2-9-3-5-10(6-4-9)11(13)7-16-12-14-8-15-17-12/h3-6,8,11H,2,7,13H2,1H3. The van der Waals surface area contributed by atoms with Crippen LogP contribution in [0.1, 0.15) is 24.1 Å². The largest absolute Gasteiger partial charge is 0.323 e. The van der Waals surface area contributed by atoms with Gasteiger partial charge in [0.1, 0.15) is 6.33 Å². The Kier molecular flexibility index (Phi) is 4.53. The lowest BCUT2D eigenvalue weighted by Gasteiger charge is -2.11. The Morgan fingerprint density at radius 1 is 1.35 bits per heavy atom. The van der Waals surface area contributed by atoms with E-state index in [0.717, 1.165) is 16.5 Å². The molecule has 0 aliphatic rings. The number of benzene rings is 1. The van der Waals surface area contributed by atoms with Crippen molar-refractivity contribution in [3.05, 3.63) is 41.7 Å². The van der Waals surface area contributed by atoms with Crippen LogP contribution in [-0.4, -0.2) is 15.1 Å². The maximum absolute atomic E-state index is 6.14. The molecule has 1 unspecified atom stereocenters. The number of nitrogens with two attached hydrogens (primary N) is 1. The monoisotopic (exact) mass is 265 g/mol. The molecule has 1 aromatic carbocycles. The number of aromatic nitrogens is 2. The maximum Gasteiger partial charge on any atom is 0.169 e. The van der Waals surface area contributed by atoms with E-state index in [-0.39, 0.29) is 6.04 Å². The van der Waals surface area contributed by atoms with Crippen molar-refractivity contribution >= 4 is 23.3 Å². The third-order valence-corrected chi connectivity index (χ3v) is 4.46. The SMILES string of the molecule is CCc1ccc(C(N)CSc2ncns2)cc1. The van der Waals surface area contributed by atoms with Gasteiger partial charge >= 0.3 is 0 Å². The number of hydrogen-bond acceptors (Lipinski definition) is 5. The van der Waals surface area contributed by atoms with Crippen molar-refractivity contribution in [3.8, 4) is 0 Å². The molecule has 0 radical (unpaired) electrons. The Balaban J connectivity index is 1.92. The lowest BCUT2D eigenvalue weighted by atomic mass is 10.1. The smallest absolute Gasteiger partial charge is 0.169 e. The van der Waals surface area contributed by atoms with E-state index in [1.165, 1.54) is 22.7 Å². The molecule has 0 saturated carbocycles. The molecule has 1 atom stereocenters. The minimum Gasteiger partial charge on any atom is -0.323 e. The van der Waals surface area contributed by atoms with E-state index in [1.807, 2.05) is 0 Å². The summed E-state index contributed by atoms with van der Waals surface area (Å²) in [5, 5.41) is 0. The normalized spacial score (nSPS) is 12.6. The average molecular weight is 265 g/mol. The highest BCUT2D eigenvalue weighted by Gasteiger charge is 2.07. The molecule has 1 heterocycles. The molecule has 0 aliphatic heterocycles. The van der Waals surface area contributed by atoms with E-state index in [9.17, 15) is 0 Å². The summed E-state index contributed by atoms with van der Waals surface area (Å²) >= 11 is 3.07. The zero-order chi connectivity index (χ0) is 12.1. The van der Waals surface area contributed by atoms with E-state index < -0.39 is 0 Å². The van der Waals surface area contributed by atoms with Crippen LogP contribution in [0.25, 0.3) is 0 Å². The first-order valence-electron chi connectivity index (χ1n) is 5.53. The van der Waals surface area contributed by atoms with E-state index in [2.05, 4.69) is 40.5 Å². The third-order valence-electron chi connectivity index (χ3n) is 2.54. The van der Waals surface area contributed by atoms with Crippen molar-refractivity contribution < 1.29 is 0 Å². The minimum atomic E-state index is 0.0507. The first-order chi connectivity index (χ1) is 8.29. The zero-order valence-corrected chi connectivity index (χ0v) is 11.3. The van der Waals surface area contributed by atoms with Gasteiger partial charge in [-0.05, 0) is 29.1 Å². The second kappa shape index (κ2) is 6.14. The van der Waals surface area contributed by atoms with Crippen LogP contribution in [0, 0.1) is 0 Å². The van der Waals surface area contributed by atoms with Crippen molar-refractivity contribution in [2.24, 2.45) is 5.73 Å². The van der Waals surface area contributed by atoms with Crippen LogP contribution in [0.15, 0.2) is 34.9 Å². The summed E-state index contributed by atoms with van der Waals surface area (Å²) in [6.07, 6.45) is 2.64. The molecular weight excluding hydrogens is 250 g/mol. The van der Waals surface area contributed by atoms with Gasteiger partial charge in [-0.3, -0.25) is 0 Å². The van der Waals surface area contributed by atoms with E-state index in [1.54, 1.807) is 18.1 Å². The average Bonchev–Trinajstić information content (AvgIpc) is 2.89. The quantitative estimate of drug-likeness (QED) is 0.845. The van der Waals surface area contributed by atoms with Crippen LogP contribution in [0.5, 0.6) is 0 Å². The van der Waals surface area contributed by atoms with Crippen LogP contribution in [0.2, 0.25) is 0 Å². The zero-order valence-electron chi connectivity index (χ0n) is 9.67. The first kappa shape index (κ1) is 12.5. The number of hydrogen-bond donors (Lipinski definition) is 1. The summed E-state index contributed by atoms with van der Waals surface area (Å²) in [6.45, 7) is 2.15. The molecule has 0 spiro atoms. The summed E-state index contributed by atoms with van der Waals surface area (Å²) in [5.41, 5.74) is 8.66. The summed E-state index contributed by atoms with van der Waals surface area (Å²) in [4.78, 5) is 4.12. The second-order valence-electron chi connectivity index (χ2n) is 3.72. The van der Waals surface area contributed by atoms with Crippen molar-refractivity contribution in [2.75, 3.05) is 5.75 Å². The number of nitrogens with zero attached hydrogens (tertiary/aromatic N) is 2. The van der Waals surface area contributed by atoms with Crippen molar-refractivity contribution in [3.63, 3.8) is 0 Å². The van der Waals surface area contributed by atoms with Gasteiger partial charge in [-0.2, -0.15) is 4.37 Å². The molecule has 1 aromatic heterocycles. The Hall–Kier alpha value is -0.910. The number of thioether (sulfide) groups is 1. The minimum absolute atomic E-state index is 0.0507. The van der Waals surface area contributed by atoms with Gasteiger partial charge in [-0.15, -0.1) is 0 Å². The first-order valence-corrected chi connectivity index (χ1v) is 7.29. The molecule has 90 valence electrons. The van der Waals surface area contributed by atoms with Gasteiger partial charge in [0.15, 0.2) is 4.34 Å². The molecule has 0 bridgehead atoms. The molecule has 0 aliphatic carbocycles. The fourth-order valence-corrected chi connectivity index (χ4v) is 2.94. The maximum atomic E-state index is 6.14. The summed E-state index contributed by atoms with van der Waals surface area (Å²) in [5.74, 6) is 0.834. The van der Waals surface area contributed by atoms with Gasteiger partial charge in [0, 0.05) is 11.8 Å². The Morgan fingerprint density at radius 3 is 2.71 bits per heavy atom. The molecule has 0 saturated heterocycles. The van der Waals surface area contributed by atoms with Crippen LogP contribution in [0.4, 0.5) is 0 Å². The highest BCUT2D eigenvalue weighted by molar-refractivity contribution is 8.00. The van der Waals surface area contributed by atoms with Crippen LogP contribution < -0.4 is 5.73 Å². The van der Waals surface area contributed by atoms with E-state index >= 15 is 0 Å². The Morgan fingerprint density at radius 2 is 2.12 bits per heavy atom. The molecule has 2 aromatic rings. The molecule has 2 N–H and O–H groups in total. The topological polar surface area (TPSA) is 51.8 Å². The lowest BCUT2D eigenvalue weighted by molar-refractivity contribution is 0.829. The van der Waals surface area contributed by atoms with Crippen LogP contribution >= 0.6 is 23.3 Å². The predicted octanol–water partition coefficient (Wildman–Crippen LogP) is 2.89. The van der Waals surface area contributed by atoms with Gasteiger partial charge in [-0.25, -0.2) is 4.98 Å². The highest BCUT2D eigenvalue weighted by atomic mass is 32.2. The Labute approximate surface area is 110 Å². The molecule has 2 rings (SSSR count). The van der Waals surface area contributed by atoms with Gasteiger partial charge in [0.2, 0.25) is 0 Å². The van der Waals surface area contributed by atoms with Gasteiger partial charge in [0.05, 0.1) is 0 Å². The molecular formula is C12H15N3S2. The highest BCUT2D eigenvalue weighted by Crippen LogP contribution is 2.23. The van der Waals surface area contributed by atoms with Crippen LogP contribution in [-0.2, 0) is 6.42 Å².